The molecule has 0 unspecified atom stereocenters. The summed E-state index contributed by atoms with van der Waals surface area (Å²) in [5.41, 5.74) is 0.0375. The van der Waals surface area contributed by atoms with Crippen molar-refractivity contribution < 1.29 is 24.5 Å². The fraction of sp³-hybridized carbons (Fsp3) is 0.500. The number of carboxylic acids is 2. The number of aliphatic carboxylic acids is 2. The van der Waals surface area contributed by atoms with Crippen molar-refractivity contribution in [3.05, 3.63) is 23.8 Å². The van der Waals surface area contributed by atoms with Crippen molar-refractivity contribution in [1.29, 1.82) is 0 Å². The molecule has 5 nitrogen and oxygen atoms in total. The first-order chi connectivity index (χ1) is 7.84. The van der Waals surface area contributed by atoms with Crippen LogP contribution < -0.4 is 0 Å². The average Bonchev–Trinajstić information content (AvgIpc) is 2.21. The zero-order valence-corrected chi connectivity index (χ0v) is 10.1. The van der Waals surface area contributed by atoms with Gasteiger partial charge in [-0.15, -0.1) is 0 Å². The summed E-state index contributed by atoms with van der Waals surface area (Å²) in [6.45, 7) is 6.93. The Morgan fingerprint density at radius 3 is 2.24 bits per heavy atom. The van der Waals surface area contributed by atoms with Crippen molar-refractivity contribution in [1.82, 2.24) is 0 Å². The number of hydrogen-bond donors (Lipinski definition) is 2. The standard InChI is InChI=1S/C12H18O5/c1-8(2)4-5-10(12(15)16)7-17-6-9(3)11(13)14/h5,8H,3-4,6-7H2,1-2H3,(H,13,14)(H,15,16)/b10-5-. The summed E-state index contributed by atoms with van der Waals surface area (Å²) in [6, 6.07) is 0. The average molecular weight is 242 g/mol. The third-order valence-electron chi connectivity index (χ3n) is 1.95. The second-order valence-corrected chi connectivity index (χ2v) is 4.07. The zero-order valence-electron chi connectivity index (χ0n) is 10.1. The predicted octanol–water partition coefficient (Wildman–Crippen LogP) is 1.70. The fourth-order valence-electron chi connectivity index (χ4n) is 0.932. The van der Waals surface area contributed by atoms with E-state index in [2.05, 4.69) is 6.58 Å². The van der Waals surface area contributed by atoms with E-state index in [9.17, 15) is 9.59 Å². The van der Waals surface area contributed by atoms with Crippen LogP contribution in [0.1, 0.15) is 20.3 Å². The minimum Gasteiger partial charge on any atom is -0.478 e. The van der Waals surface area contributed by atoms with Gasteiger partial charge in [0.1, 0.15) is 0 Å². The van der Waals surface area contributed by atoms with Crippen LogP contribution in [0.25, 0.3) is 0 Å². The van der Waals surface area contributed by atoms with Gasteiger partial charge in [-0.25, -0.2) is 9.59 Å². The highest BCUT2D eigenvalue weighted by Crippen LogP contribution is 2.06. The van der Waals surface area contributed by atoms with Crippen molar-refractivity contribution in [3.63, 3.8) is 0 Å². The maximum absolute atomic E-state index is 10.8. The van der Waals surface area contributed by atoms with Gasteiger partial charge < -0.3 is 14.9 Å². The Morgan fingerprint density at radius 2 is 1.82 bits per heavy atom. The summed E-state index contributed by atoms with van der Waals surface area (Å²) in [6.07, 6.45) is 2.24. The molecule has 0 amide bonds. The van der Waals surface area contributed by atoms with E-state index >= 15 is 0 Å². The molecule has 0 bridgehead atoms. The quantitative estimate of drug-likeness (QED) is 0.633. The van der Waals surface area contributed by atoms with Gasteiger partial charge in [0.15, 0.2) is 0 Å². The molecule has 0 atom stereocenters. The molecule has 0 spiro atoms. The molecule has 0 aromatic carbocycles. The smallest absolute Gasteiger partial charge is 0.333 e. The molecule has 2 N–H and O–H groups in total. The van der Waals surface area contributed by atoms with Gasteiger partial charge in [-0.3, -0.25) is 0 Å². The molecule has 17 heavy (non-hydrogen) atoms. The number of rotatable bonds is 8. The molecule has 0 aromatic rings. The predicted molar refractivity (Wildman–Crippen MR) is 62.8 cm³/mol. The Hall–Kier alpha value is -1.62. The molecule has 0 saturated heterocycles. The Bertz CT molecular complexity index is 328. The second kappa shape index (κ2) is 7.62. The largest absolute Gasteiger partial charge is 0.478 e. The maximum atomic E-state index is 10.8. The van der Waals surface area contributed by atoms with Crippen LogP contribution in [0.2, 0.25) is 0 Å². The Balaban J connectivity index is 4.20. The van der Waals surface area contributed by atoms with Crippen molar-refractivity contribution in [2.24, 2.45) is 5.92 Å². The van der Waals surface area contributed by atoms with E-state index in [1.807, 2.05) is 13.8 Å². The topological polar surface area (TPSA) is 83.8 Å². The van der Waals surface area contributed by atoms with Crippen LogP contribution in [0.5, 0.6) is 0 Å². The lowest BCUT2D eigenvalue weighted by molar-refractivity contribution is -0.133. The third-order valence-corrected chi connectivity index (χ3v) is 1.95. The van der Waals surface area contributed by atoms with Gasteiger partial charge >= 0.3 is 11.9 Å². The van der Waals surface area contributed by atoms with E-state index in [0.717, 1.165) is 0 Å². The summed E-state index contributed by atoms with van der Waals surface area (Å²) < 4.78 is 4.98. The molecule has 0 rings (SSSR count). The number of allylic oxidation sites excluding steroid dienone is 1. The third kappa shape index (κ3) is 7.30. The van der Waals surface area contributed by atoms with E-state index in [0.29, 0.717) is 12.3 Å². The second-order valence-electron chi connectivity index (χ2n) is 4.07. The fourth-order valence-corrected chi connectivity index (χ4v) is 0.932. The Morgan fingerprint density at radius 1 is 1.24 bits per heavy atom. The van der Waals surface area contributed by atoms with Crippen LogP contribution in [-0.2, 0) is 14.3 Å². The minimum absolute atomic E-state index is 0.0985. The lowest BCUT2D eigenvalue weighted by Crippen LogP contribution is -2.12. The first-order valence-electron chi connectivity index (χ1n) is 5.25. The van der Waals surface area contributed by atoms with Gasteiger partial charge in [0.25, 0.3) is 0 Å². The maximum Gasteiger partial charge on any atom is 0.333 e. The van der Waals surface area contributed by atoms with Crippen LogP contribution in [-0.4, -0.2) is 35.4 Å². The van der Waals surface area contributed by atoms with Crippen LogP contribution in [0.3, 0.4) is 0 Å². The highest BCUT2D eigenvalue weighted by atomic mass is 16.5. The molecular weight excluding hydrogens is 224 g/mol. The number of hydrogen-bond acceptors (Lipinski definition) is 3. The van der Waals surface area contributed by atoms with Crippen molar-refractivity contribution in [2.45, 2.75) is 20.3 Å². The highest BCUT2D eigenvalue weighted by molar-refractivity contribution is 5.87. The lowest BCUT2D eigenvalue weighted by atomic mass is 10.1. The van der Waals surface area contributed by atoms with E-state index in [4.69, 9.17) is 14.9 Å². The lowest BCUT2D eigenvalue weighted by Gasteiger charge is -2.06. The molecule has 0 radical (unpaired) electrons. The Labute approximate surface area is 100 Å². The summed E-state index contributed by atoms with van der Waals surface area (Å²) >= 11 is 0. The van der Waals surface area contributed by atoms with Crippen molar-refractivity contribution in [2.75, 3.05) is 13.2 Å². The van der Waals surface area contributed by atoms with Crippen LogP contribution >= 0.6 is 0 Å². The van der Waals surface area contributed by atoms with Crippen LogP contribution in [0, 0.1) is 5.92 Å². The Kier molecular flexibility index (Phi) is 6.89. The summed E-state index contributed by atoms with van der Waals surface area (Å²) in [5, 5.41) is 17.4. The van der Waals surface area contributed by atoms with Crippen LogP contribution in [0.15, 0.2) is 23.8 Å². The zero-order chi connectivity index (χ0) is 13.4. The first kappa shape index (κ1) is 15.4. The molecule has 0 fully saturated rings. The van der Waals surface area contributed by atoms with Gasteiger partial charge in [-0.1, -0.05) is 26.5 Å². The summed E-state index contributed by atoms with van der Waals surface area (Å²) in [7, 11) is 0. The van der Waals surface area contributed by atoms with Crippen LogP contribution in [0.4, 0.5) is 0 Å². The van der Waals surface area contributed by atoms with Gasteiger partial charge in [0.05, 0.1) is 24.4 Å². The molecule has 0 aromatic heterocycles. The molecule has 0 aliphatic rings. The molecule has 0 aliphatic carbocycles. The molecule has 0 aliphatic heterocycles. The minimum atomic E-state index is -1.15. The van der Waals surface area contributed by atoms with E-state index in [1.54, 1.807) is 6.08 Å². The summed E-state index contributed by atoms with van der Waals surface area (Å²) in [5.74, 6) is -1.84. The van der Waals surface area contributed by atoms with Gasteiger partial charge in [-0.2, -0.15) is 0 Å². The monoisotopic (exact) mass is 242 g/mol. The van der Waals surface area contributed by atoms with E-state index < -0.39 is 11.9 Å². The van der Waals surface area contributed by atoms with Crippen molar-refractivity contribution in [3.8, 4) is 0 Å². The number of carboxylic acid groups (broad SMARTS) is 2. The molecule has 0 saturated carbocycles. The van der Waals surface area contributed by atoms with Crippen molar-refractivity contribution >= 4 is 11.9 Å². The summed E-state index contributed by atoms with van der Waals surface area (Å²) in [4.78, 5) is 21.2. The van der Waals surface area contributed by atoms with Gasteiger partial charge in [0.2, 0.25) is 0 Å². The van der Waals surface area contributed by atoms with E-state index in [-0.39, 0.29) is 24.4 Å². The normalized spacial score (nSPS) is 11.6. The van der Waals surface area contributed by atoms with E-state index in [1.165, 1.54) is 0 Å². The first-order valence-corrected chi connectivity index (χ1v) is 5.25. The molecule has 5 heteroatoms. The SMILES string of the molecule is C=C(COC/C(=C/CC(C)C)C(=O)O)C(=O)O. The van der Waals surface area contributed by atoms with Gasteiger partial charge in [0, 0.05) is 0 Å². The molecular formula is C12H18O5. The molecule has 0 heterocycles. The van der Waals surface area contributed by atoms with Gasteiger partial charge in [-0.05, 0) is 12.3 Å². The number of ether oxygens (including phenoxy) is 1. The highest BCUT2D eigenvalue weighted by Gasteiger charge is 2.09. The molecule has 96 valence electrons. The number of carbonyl (C=O) groups is 2.